The Balaban J connectivity index is 2.72. The van der Waals surface area contributed by atoms with Crippen LogP contribution in [-0.4, -0.2) is 39.3 Å². The van der Waals surface area contributed by atoms with Gasteiger partial charge >= 0.3 is 5.97 Å². The number of hydrogen-bond acceptors (Lipinski definition) is 4. The van der Waals surface area contributed by atoms with Crippen LogP contribution in [0.1, 0.15) is 72.1 Å². The number of carboxylic acids is 1. The lowest BCUT2D eigenvalue weighted by molar-refractivity contribution is -0.137. The molecule has 0 amide bonds. The first kappa shape index (κ1) is 23.4. The number of carbonyl (C=O) groups excluding carboxylic acids is 1. The topological polar surface area (TPSA) is 94.8 Å². The highest BCUT2D eigenvalue weighted by Gasteiger charge is 2.52. The number of Topliss-reactive ketones (excluding diaryl/α,β-unsaturated/α-hetero) is 1. The molecule has 4 unspecified atom stereocenters. The van der Waals surface area contributed by atoms with Gasteiger partial charge in [-0.15, -0.1) is 11.8 Å². The lowest BCUT2D eigenvalue weighted by atomic mass is 9.86. The van der Waals surface area contributed by atoms with Crippen LogP contribution in [0.25, 0.3) is 0 Å². The molecule has 1 fully saturated rings. The summed E-state index contributed by atoms with van der Waals surface area (Å²) in [6, 6.07) is 0. The van der Waals surface area contributed by atoms with Crippen LogP contribution in [-0.2, 0) is 9.59 Å². The van der Waals surface area contributed by atoms with Crippen molar-refractivity contribution in [3.8, 4) is 11.8 Å². The van der Waals surface area contributed by atoms with E-state index in [0.29, 0.717) is 25.7 Å². The quantitative estimate of drug-likeness (QED) is 0.308. The molecule has 0 aliphatic heterocycles. The molecule has 0 spiro atoms. The van der Waals surface area contributed by atoms with E-state index in [2.05, 4.69) is 18.8 Å². The van der Waals surface area contributed by atoms with E-state index in [4.69, 9.17) is 5.11 Å². The van der Waals surface area contributed by atoms with Crippen molar-refractivity contribution in [3.05, 3.63) is 12.2 Å². The molecule has 0 heterocycles. The van der Waals surface area contributed by atoms with Gasteiger partial charge in [-0.3, -0.25) is 9.59 Å². The van der Waals surface area contributed by atoms with Gasteiger partial charge in [-0.2, -0.15) is 0 Å². The third kappa shape index (κ3) is 7.12. The van der Waals surface area contributed by atoms with Crippen LogP contribution in [0.15, 0.2) is 12.2 Å². The third-order valence-corrected chi connectivity index (χ3v) is 5.34. The summed E-state index contributed by atoms with van der Waals surface area (Å²) in [6.07, 6.45) is 7.30. The zero-order valence-corrected chi connectivity index (χ0v) is 16.8. The largest absolute Gasteiger partial charge is 0.481 e. The fourth-order valence-corrected chi connectivity index (χ4v) is 3.52. The molecular weight excluding hydrogens is 344 g/mol. The van der Waals surface area contributed by atoms with Crippen molar-refractivity contribution in [3.63, 3.8) is 0 Å². The molecule has 0 aromatic heterocycles. The molecule has 1 saturated carbocycles. The molecule has 4 atom stereocenters. The van der Waals surface area contributed by atoms with Gasteiger partial charge in [0.15, 0.2) is 0 Å². The lowest BCUT2D eigenvalue weighted by Crippen LogP contribution is -2.31. The SMILES string of the molecule is CCCCCC(O)/C=C/C1C(CC#CCCCC(=O)O)C(=O)C(C)(C)C1O. The summed E-state index contributed by atoms with van der Waals surface area (Å²) in [5.41, 5.74) is -0.835. The van der Waals surface area contributed by atoms with Gasteiger partial charge in [-0.1, -0.05) is 52.2 Å². The van der Waals surface area contributed by atoms with E-state index in [0.717, 1.165) is 19.3 Å². The maximum atomic E-state index is 12.7. The van der Waals surface area contributed by atoms with Crippen LogP contribution >= 0.6 is 0 Å². The Morgan fingerprint density at radius 2 is 1.96 bits per heavy atom. The molecule has 0 radical (unpaired) electrons. The van der Waals surface area contributed by atoms with Crippen LogP contribution in [0.5, 0.6) is 0 Å². The van der Waals surface area contributed by atoms with Crippen LogP contribution in [0, 0.1) is 29.1 Å². The van der Waals surface area contributed by atoms with Gasteiger partial charge in [0.25, 0.3) is 0 Å². The standard InChI is InChI=1S/C22H34O5/c1-4-5-8-11-16(23)14-15-18-17(20(26)22(2,3)21(18)27)12-9-6-7-10-13-19(24)25/h14-18,21,23,27H,4-5,7-8,10-13H2,1-3H3,(H,24,25)/b15-14+. The first-order chi connectivity index (χ1) is 12.7. The molecular formula is C22H34O5. The van der Waals surface area contributed by atoms with Crippen molar-refractivity contribution >= 4 is 11.8 Å². The minimum Gasteiger partial charge on any atom is -0.481 e. The van der Waals surface area contributed by atoms with E-state index in [1.54, 1.807) is 26.0 Å². The fraction of sp³-hybridized carbons (Fsp3) is 0.727. The average Bonchev–Trinajstić information content (AvgIpc) is 2.76. The van der Waals surface area contributed by atoms with Crippen LogP contribution < -0.4 is 0 Å². The number of carbonyl (C=O) groups is 2. The van der Waals surface area contributed by atoms with Gasteiger partial charge < -0.3 is 15.3 Å². The molecule has 3 N–H and O–H groups in total. The number of carboxylic acid groups (broad SMARTS) is 1. The number of aliphatic hydroxyl groups is 2. The van der Waals surface area contributed by atoms with Crippen LogP contribution in [0.3, 0.4) is 0 Å². The van der Waals surface area contributed by atoms with Crippen molar-refractivity contribution in [1.82, 2.24) is 0 Å². The number of aliphatic hydroxyl groups excluding tert-OH is 2. The Morgan fingerprint density at radius 3 is 2.59 bits per heavy atom. The van der Waals surface area contributed by atoms with Crippen molar-refractivity contribution in [2.45, 2.75) is 84.3 Å². The Morgan fingerprint density at radius 1 is 1.26 bits per heavy atom. The number of rotatable bonds is 10. The zero-order valence-electron chi connectivity index (χ0n) is 16.8. The van der Waals surface area contributed by atoms with Gasteiger partial charge in [0.05, 0.1) is 17.6 Å². The van der Waals surface area contributed by atoms with E-state index in [1.165, 1.54) is 0 Å². The Kier molecular flexibility index (Phi) is 9.76. The maximum Gasteiger partial charge on any atom is 0.303 e. The molecule has 1 aliphatic rings. The fourth-order valence-electron chi connectivity index (χ4n) is 3.52. The Hall–Kier alpha value is -1.64. The van der Waals surface area contributed by atoms with Crippen molar-refractivity contribution in [2.75, 3.05) is 0 Å². The highest BCUT2D eigenvalue weighted by molar-refractivity contribution is 5.90. The summed E-state index contributed by atoms with van der Waals surface area (Å²) in [4.78, 5) is 23.2. The molecule has 5 nitrogen and oxygen atoms in total. The highest BCUT2D eigenvalue weighted by atomic mass is 16.4. The van der Waals surface area contributed by atoms with E-state index in [9.17, 15) is 19.8 Å². The second-order valence-electron chi connectivity index (χ2n) is 7.97. The molecule has 27 heavy (non-hydrogen) atoms. The normalized spacial score (nSPS) is 25.4. The number of unbranched alkanes of at least 4 members (excludes halogenated alkanes) is 3. The molecule has 0 bridgehead atoms. The predicted molar refractivity (Wildman–Crippen MR) is 105 cm³/mol. The van der Waals surface area contributed by atoms with Gasteiger partial charge in [0.1, 0.15) is 5.78 Å². The molecule has 1 aliphatic carbocycles. The zero-order chi connectivity index (χ0) is 20.4. The average molecular weight is 379 g/mol. The van der Waals surface area contributed by atoms with E-state index in [1.807, 2.05) is 0 Å². The van der Waals surface area contributed by atoms with Crippen LogP contribution in [0.4, 0.5) is 0 Å². The lowest BCUT2D eigenvalue weighted by Gasteiger charge is -2.22. The first-order valence-electron chi connectivity index (χ1n) is 9.98. The van der Waals surface area contributed by atoms with Gasteiger partial charge in [0, 0.05) is 31.1 Å². The van der Waals surface area contributed by atoms with Gasteiger partial charge in [-0.25, -0.2) is 0 Å². The third-order valence-electron chi connectivity index (χ3n) is 5.34. The molecule has 5 heteroatoms. The number of ketones is 1. The van der Waals surface area contributed by atoms with E-state index in [-0.39, 0.29) is 18.1 Å². The second kappa shape index (κ2) is 11.3. The molecule has 0 aromatic rings. The second-order valence-corrected chi connectivity index (χ2v) is 7.97. The Labute approximate surface area is 162 Å². The summed E-state index contributed by atoms with van der Waals surface area (Å²) < 4.78 is 0. The number of aliphatic carboxylic acids is 1. The molecule has 0 saturated heterocycles. The smallest absolute Gasteiger partial charge is 0.303 e. The minimum atomic E-state index is -0.838. The minimum absolute atomic E-state index is 0.00930. The van der Waals surface area contributed by atoms with Crippen molar-refractivity contribution in [1.29, 1.82) is 0 Å². The number of hydrogen-bond donors (Lipinski definition) is 3. The maximum absolute atomic E-state index is 12.7. The molecule has 1 rings (SSSR count). The van der Waals surface area contributed by atoms with Gasteiger partial charge in [-0.05, 0) is 12.8 Å². The predicted octanol–water partition coefficient (Wildman–Crippen LogP) is 3.33. The van der Waals surface area contributed by atoms with E-state index < -0.39 is 29.5 Å². The van der Waals surface area contributed by atoms with Crippen LogP contribution in [0.2, 0.25) is 0 Å². The first-order valence-corrected chi connectivity index (χ1v) is 9.98. The van der Waals surface area contributed by atoms with Crippen molar-refractivity contribution in [2.24, 2.45) is 17.3 Å². The molecule has 152 valence electrons. The van der Waals surface area contributed by atoms with Gasteiger partial charge in [0.2, 0.25) is 0 Å². The summed E-state index contributed by atoms with van der Waals surface area (Å²) in [7, 11) is 0. The highest BCUT2D eigenvalue weighted by Crippen LogP contribution is 2.44. The monoisotopic (exact) mass is 378 g/mol. The van der Waals surface area contributed by atoms with Crippen molar-refractivity contribution < 1.29 is 24.9 Å². The summed E-state index contributed by atoms with van der Waals surface area (Å²) in [6.45, 7) is 5.61. The molecule has 0 aromatic carbocycles. The summed E-state index contributed by atoms with van der Waals surface area (Å²) in [5.74, 6) is 4.30. The summed E-state index contributed by atoms with van der Waals surface area (Å²) in [5, 5.41) is 29.3. The Bertz CT molecular complexity index is 581. The summed E-state index contributed by atoms with van der Waals surface area (Å²) >= 11 is 0. The van der Waals surface area contributed by atoms with E-state index >= 15 is 0 Å².